The number of rotatable bonds is 0. The van der Waals surface area contributed by atoms with Gasteiger partial charge in [0, 0.05) is 11.5 Å². The maximum Gasteiger partial charge on any atom is 0.231 e. The van der Waals surface area contributed by atoms with E-state index in [1.165, 1.54) is 0 Å². The molecule has 0 aromatic heterocycles. The van der Waals surface area contributed by atoms with E-state index in [-0.39, 0.29) is 23.7 Å². The van der Waals surface area contributed by atoms with Gasteiger partial charge in [0.2, 0.25) is 11.8 Å². The molecular formula is C6H7NO2S. The predicted octanol–water partition coefficient (Wildman–Crippen LogP) is -0.378. The van der Waals surface area contributed by atoms with E-state index >= 15 is 0 Å². The van der Waals surface area contributed by atoms with E-state index in [0.29, 0.717) is 0 Å². The minimum absolute atomic E-state index is 0.0162. The van der Waals surface area contributed by atoms with Crippen LogP contribution in [-0.2, 0) is 9.59 Å². The number of fused-ring (bicyclic) bond motifs is 1. The van der Waals surface area contributed by atoms with Crippen LogP contribution in [0.15, 0.2) is 0 Å². The molecule has 2 atom stereocenters. The van der Waals surface area contributed by atoms with Crippen LogP contribution in [0.3, 0.4) is 0 Å². The van der Waals surface area contributed by atoms with Gasteiger partial charge in [0.25, 0.3) is 0 Å². The number of hydrogen-bond acceptors (Lipinski definition) is 3. The average molecular weight is 157 g/mol. The second kappa shape index (κ2) is 1.99. The van der Waals surface area contributed by atoms with Gasteiger partial charge in [0.05, 0.1) is 11.8 Å². The quantitative estimate of drug-likeness (QED) is 0.488. The number of hydrogen-bond donors (Lipinski definition) is 1. The summed E-state index contributed by atoms with van der Waals surface area (Å²) in [5.74, 6) is 1.47. The Morgan fingerprint density at radius 2 is 1.70 bits per heavy atom. The molecule has 2 aliphatic rings. The fraction of sp³-hybridized carbons (Fsp3) is 0.667. The first-order chi connectivity index (χ1) is 4.79. The first-order valence-corrected chi connectivity index (χ1v) is 4.37. The summed E-state index contributed by atoms with van der Waals surface area (Å²) in [6, 6.07) is 0. The van der Waals surface area contributed by atoms with Crippen molar-refractivity contribution in [2.24, 2.45) is 11.8 Å². The Hall–Kier alpha value is -0.510. The highest BCUT2D eigenvalue weighted by molar-refractivity contribution is 7.99. The molecule has 54 valence electrons. The molecule has 2 unspecified atom stereocenters. The van der Waals surface area contributed by atoms with Gasteiger partial charge in [-0.05, 0) is 0 Å². The van der Waals surface area contributed by atoms with E-state index in [1.807, 2.05) is 0 Å². The van der Waals surface area contributed by atoms with Crippen molar-refractivity contribution < 1.29 is 9.59 Å². The summed E-state index contributed by atoms with van der Waals surface area (Å²) in [4.78, 5) is 21.8. The third-order valence-electron chi connectivity index (χ3n) is 2.00. The van der Waals surface area contributed by atoms with Crippen molar-refractivity contribution in [3.05, 3.63) is 0 Å². The third kappa shape index (κ3) is 0.683. The van der Waals surface area contributed by atoms with E-state index in [9.17, 15) is 9.59 Å². The van der Waals surface area contributed by atoms with E-state index in [0.717, 1.165) is 11.5 Å². The number of nitrogens with one attached hydrogen (secondary N) is 1. The zero-order valence-corrected chi connectivity index (χ0v) is 6.11. The highest BCUT2D eigenvalue weighted by Crippen LogP contribution is 2.33. The molecule has 3 nitrogen and oxygen atoms in total. The lowest BCUT2D eigenvalue weighted by Gasteiger charge is -1.97. The molecule has 0 spiro atoms. The second-order valence-corrected chi connectivity index (χ2v) is 3.68. The molecule has 2 rings (SSSR count). The summed E-state index contributed by atoms with van der Waals surface area (Å²) >= 11 is 1.69. The summed E-state index contributed by atoms with van der Waals surface area (Å²) in [5, 5.41) is 2.33. The van der Waals surface area contributed by atoms with Crippen molar-refractivity contribution in [3.8, 4) is 0 Å². The molecule has 2 amide bonds. The molecule has 0 aliphatic carbocycles. The molecule has 0 bridgehead atoms. The van der Waals surface area contributed by atoms with Crippen LogP contribution in [0.1, 0.15) is 0 Å². The van der Waals surface area contributed by atoms with Crippen LogP contribution in [0.25, 0.3) is 0 Å². The molecule has 2 fully saturated rings. The van der Waals surface area contributed by atoms with Crippen molar-refractivity contribution in [2.45, 2.75) is 0 Å². The molecule has 1 N–H and O–H groups in total. The summed E-state index contributed by atoms with van der Waals surface area (Å²) in [6.45, 7) is 0. The molecule has 0 radical (unpaired) electrons. The number of imide groups is 1. The maximum atomic E-state index is 10.9. The maximum absolute atomic E-state index is 10.9. The first kappa shape index (κ1) is 6.22. The molecule has 10 heavy (non-hydrogen) atoms. The van der Waals surface area contributed by atoms with Crippen molar-refractivity contribution in [3.63, 3.8) is 0 Å². The van der Waals surface area contributed by atoms with Crippen LogP contribution >= 0.6 is 11.8 Å². The van der Waals surface area contributed by atoms with Gasteiger partial charge in [-0.3, -0.25) is 14.9 Å². The van der Waals surface area contributed by atoms with E-state index in [4.69, 9.17) is 0 Å². The van der Waals surface area contributed by atoms with Gasteiger partial charge in [0.1, 0.15) is 0 Å². The molecule has 2 heterocycles. The van der Waals surface area contributed by atoms with Gasteiger partial charge in [-0.1, -0.05) is 0 Å². The van der Waals surface area contributed by atoms with Crippen LogP contribution in [-0.4, -0.2) is 23.3 Å². The highest BCUT2D eigenvalue weighted by Gasteiger charge is 2.44. The van der Waals surface area contributed by atoms with Gasteiger partial charge in [-0.2, -0.15) is 11.8 Å². The van der Waals surface area contributed by atoms with Crippen LogP contribution in [0.2, 0.25) is 0 Å². The Labute approximate surface area is 62.5 Å². The lowest BCUT2D eigenvalue weighted by Crippen LogP contribution is -2.23. The van der Waals surface area contributed by atoms with Crippen molar-refractivity contribution in [1.82, 2.24) is 5.32 Å². The summed E-state index contributed by atoms with van der Waals surface area (Å²) in [5.41, 5.74) is 0. The predicted molar refractivity (Wildman–Crippen MR) is 37.5 cm³/mol. The lowest BCUT2D eigenvalue weighted by atomic mass is 10.00. The Morgan fingerprint density at radius 3 is 2.20 bits per heavy atom. The van der Waals surface area contributed by atoms with Gasteiger partial charge in [0.15, 0.2) is 0 Å². The lowest BCUT2D eigenvalue weighted by molar-refractivity contribution is -0.126. The van der Waals surface area contributed by atoms with Gasteiger partial charge < -0.3 is 0 Å². The Morgan fingerprint density at radius 1 is 1.20 bits per heavy atom. The monoisotopic (exact) mass is 157 g/mol. The van der Waals surface area contributed by atoms with Crippen LogP contribution in [0, 0.1) is 11.8 Å². The van der Waals surface area contributed by atoms with Crippen molar-refractivity contribution in [1.29, 1.82) is 0 Å². The largest absolute Gasteiger partial charge is 0.296 e. The van der Waals surface area contributed by atoms with Crippen LogP contribution in [0.5, 0.6) is 0 Å². The van der Waals surface area contributed by atoms with E-state index < -0.39 is 0 Å². The number of thioether (sulfide) groups is 1. The summed E-state index contributed by atoms with van der Waals surface area (Å²) in [7, 11) is 0. The van der Waals surface area contributed by atoms with Crippen LogP contribution < -0.4 is 5.32 Å². The average Bonchev–Trinajstić information content (AvgIpc) is 2.39. The van der Waals surface area contributed by atoms with Gasteiger partial charge in [-0.15, -0.1) is 0 Å². The minimum Gasteiger partial charge on any atom is -0.296 e. The molecule has 0 saturated carbocycles. The third-order valence-corrected chi connectivity index (χ3v) is 3.19. The first-order valence-electron chi connectivity index (χ1n) is 3.21. The zero-order valence-electron chi connectivity index (χ0n) is 5.29. The molecular weight excluding hydrogens is 150 g/mol. The molecule has 2 saturated heterocycles. The zero-order chi connectivity index (χ0) is 7.14. The number of carbonyl (C=O) groups is 2. The van der Waals surface area contributed by atoms with E-state index in [2.05, 4.69) is 5.32 Å². The van der Waals surface area contributed by atoms with Gasteiger partial charge in [-0.25, -0.2) is 0 Å². The SMILES string of the molecule is O=C1NC(=O)C2CSCC12. The normalized spacial score (nSPS) is 38.0. The molecule has 0 aromatic rings. The Balaban J connectivity index is 2.27. The Bertz CT molecular complexity index is 184. The molecule has 4 heteroatoms. The standard InChI is InChI=1S/C6H7NO2S/c8-5-3-1-10-2-4(3)6(9)7-5/h3-4H,1-2H2,(H,7,8,9). The number of carbonyl (C=O) groups excluding carboxylic acids is 2. The van der Waals surface area contributed by atoms with E-state index in [1.54, 1.807) is 11.8 Å². The highest BCUT2D eigenvalue weighted by atomic mass is 32.2. The van der Waals surface area contributed by atoms with Gasteiger partial charge >= 0.3 is 0 Å². The van der Waals surface area contributed by atoms with Crippen LogP contribution in [0.4, 0.5) is 0 Å². The van der Waals surface area contributed by atoms with Crippen molar-refractivity contribution in [2.75, 3.05) is 11.5 Å². The second-order valence-electron chi connectivity index (χ2n) is 2.60. The smallest absolute Gasteiger partial charge is 0.231 e. The minimum atomic E-state index is -0.0694. The molecule has 0 aromatic carbocycles. The summed E-state index contributed by atoms with van der Waals surface area (Å²) < 4.78 is 0. The topological polar surface area (TPSA) is 46.2 Å². The molecule has 2 aliphatic heterocycles. The fourth-order valence-electron chi connectivity index (χ4n) is 1.38. The van der Waals surface area contributed by atoms with Crippen molar-refractivity contribution >= 4 is 23.6 Å². The number of amides is 2. The fourth-order valence-corrected chi connectivity index (χ4v) is 2.79. The summed E-state index contributed by atoms with van der Waals surface area (Å²) in [6.07, 6.45) is 0. The Kier molecular flexibility index (Phi) is 1.23.